The molecule has 2 aliphatic rings. The van der Waals surface area contributed by atoms with Crippen LogP contribution in [-0.4, -0.2) is 57.7 Å². The van der Waals surface area contributed by atoms with Gasteiger partial charge < -0.3 is 14.4 Å². The van der Waals surface area contributed by atoms with Crippen LogP contribution in [0.1, 0.15) is 5.76 Å². The Hall–Kier alpha value is -2.95. The lowest BCUT2D eigenvalue weighted by atomic mass is 10.0. The predicted octanol–water partition coefficient (Wildman–Crippen LogP) is 1.80. The van der Waals surface area contributed by atoms with Crippen LogP contribution in [0.3, 0.4) is 0 Å². The maximum Gasteiger partial charge on any atom is 0.490 e. The average molecular weight is 398 g/mol. The first kappa shape index (κ1) is 19.8. The van der Waals surface area contributed by atoms with Crippen molar-refractivity contribution in [2.24, 2.45) is 11.8 Å². The number of carboxylic acid groups (broad SMARTS) is 1. The minimum Gasteiger partial charge on any atom is -0.475 e. The number of carbonyl (C=O) groups excluding carboxylic acids is 1. The summed E-state index contributed by atoms with van der Waals surface area (Å²) in [6.45, 7) is 3.27. The molecule has 4 heterocycles. The Morgan fingerprint density at radius 1 is 1.25 bits per heavy atom. The third-order valence-electron chi connectivity index (χ3n) is 4.58. The molecule has 2 atom stereocenters. The van der Waals surface area contributed by atoms with Gasteiger partial charge in [-0.3, -0.25) is 9.69 Å². The molecule has 0 aromatic carbocycles. The number of fused-ring (bicyclic) bond motifs is 1. The van der Waals surface area contributed by atoms with Crippen LogP contribution in [-0.2, 0) is 16.1 Å². The van der Waals surface area contributed by atoms with Crippen molar-refractivity contribution >= 4 is 17.6 Å². The third kappa shape index (κ3) is 4.47. The van der Waals surface area contributed by atoms with Crippen LogP contribution in [0, 0.1) is 11.8 Å². The molecule has 2 saturated heterocycles. The number of aliphatic carboxylic acids is 1. The predicted molar refractivity (Wildman–Crippen MR) is 89.0 cm³/mol. The van der Waals surface area contributed by atoms with Crippen LogP contribution in [0.4, 0.5) is 18.9 Å². The first-order valence-electron chi connectivity index (χ1n) is 8.37. The molecule has 2 aromatic heterocycles. The Bertz CT molecular complexity index is 814. The standard InChI is InChI=1S/C15H16N4O2.C2HF3O2/c20-15-14-9-18(8-13-2-1-3-21-13)6-11(14)7-19(15)12-4-16-10-17-5-12;3-2(4,5)1(6)7/h1-5,10-11,14H,6-9H2;(H,6,7)/t11-,14-;/m0./s1. The average Bonchev–Trinajstić information content (AvgIpc) is 3.35. The summed E-state index contributed by atoms with van der Waals surface area (Å²) >= 11 is 0. The van der Waals surface area contributed by atoms with Crippen LogP contribution in [0.5, 0.6) is 0 Å². The molecule has 0 spiro atoms. The van der Waals surface area contributed by atoms with E-state index in [0.717, 1.165) is 37.6 Å². The van der Waals surface area contributed by atoms with Gasteiger partial charge in [-0.15, -0.1) is 0 Å². The van der Waals surface area contributed by atoms with Gasteiger partial charge in [-0.05, 0) is 12.1 Å². The van der Waals surface area contributed by atoms with Crippen molar-refractivity contribution in [2.75, 3.05) is 24.5 Å². The highest BCUT2D eigenvalue weighted by Gasteiger charge is 2.46. The zero-order valence-corrected chi connectivity index (χ0v) is 14.5. The molecular weight excluding hydrogens is 381 g/mol. The van der Waals surface area contributed by atoms with Crippen molar-refractivity contribution in [1.82, 2.24) is 14.9 Å². The fourth-order valence-corrected chi connectivity index (χ4v) is 3.37. The second-order valence-corrected chi connectivity index (χ2v) is 6.49. The molecule has 2 fully saturated rings. The molecule has 1 N–H and O–H groups in total. The van der Waals surface area contributed by atoms with Gasteiger partial charge in [0.15, 0.2) is 0 Å². The number of nitrogens with zero attached hydrogens (tertiary/aromatic N) is 4. The van der Waals surface area contributed by atoms with E-state index < -0.39 is 12.1 Å². The topological polar surface area (TPSA) is 99.8 Å². The van der Waals surface area contributed by atoms with Gasteiger partial charge in [0.1, 0.15) is 12.1 Å². The number of hydrogen-bond acceptors (Lipinski definition) is 6. The number of likely N-dealkylation sites (tertiary alicyclic amines) is 1. The molecule has 0 bridgehead atoms. The summed E-state index contributed by atoms with van der Waals surface area (Å²) in [5.41, 5.74) is 0.800. The van der Waals surface area contributed by atoms with E-state index in [1.165, 1.54) is 6.33 Å². The van der Waals surface area contributed by atoms with Gasteiger partial charge in [-0.1, -0.05) is 0 Å². The fraction of sp³-hybridized carbons (Fsp3) is 0.412. The number of furan rings is 1. The van der Waals surface area contributed by atoms with Gasteiger partial charge >= 0.3 is 12.1 Å². The van der Waals surface area contributed by atoms with E-state index in [1.807, 2.05) is 17.0 Å². The van der Waals surface area contributed by atoms with E-state index in [2.05, 4.69) is 14.9 Å². The van der Waals surface area contributed by atoms with Crippen molar-refractivity contribution in [3.63, 3.8) is 0 Å². The van der Waals surface area contributed by atoms with Crippen molar-refractivity contribution in [2.45, 2.75) is 12.7 Å². The Morgan fingerprint density at radius 3 is 2.46 bits per heavy atom. The first-order valence-corrected chi connectivity index (χ1v) is 8.37. The molecule has 0 radical (unpaired) electrons. The van der Waals surface area contributed by atoms with E-state index >= 15 is 0 Å². The summed E-state index contributed by atoms with van der Waals surface area (Å²) in [5, 5.41) is 7.12. The molecule has 0 aliphatic carbocycles. The molecule has 28 heavy (non-hydrogen) atoms. The van der Waals surface area contributed by atoms with Gasteiger partial charge in [-0.25, -0.2) is 14.8 Å². The van der Waals surface area contributed by atoms with Gasteiger partial charge in [0.2, 0.25) is 5.91 Å². The lowest BCUT2D eigenvalue weighted by Crippen LogP contribution is -2.32. The molecular formula is C17H17F3N4O4. The number of carboxylic acids is 1. The lowest BCUT2D eigenvalue weighted by Gasteiger charge is -2.20. The van der Waals surface area contributed by atoms with E-state index in [0.29, 0.717) is 5.92 Å². The summed E-state index contributed by atoms with van der Waals surface area (Å²) in [5.74, 6) is -1.15. The maximum atomic E-state index is 12.6. The molecule has 2 aromatic rings. The summed E-state index contributed by atoms with van der Waals surface area (Å²) in [6, 6.07) is 3.87. The highest BCUT2D eigenvalue weighted by Crippen LogP contribution is 2.35. The second kappa shape index (κ2) is 7.97. The number of aromatic nitrogens is 2. The normalized spacial score (nSPS) is 22.0. The molecule has 150 valence electrons. The van der Waals surface area contributed by atoms with E-state index in [9.17, 15) is 18.0 Å². The summed E-state index contributed by atoms with van der Waals surface area (Å²) in [6.07, 6.45) is 1.49. The minimum atomic E-state index is -5.08. The Kier molecular flexibility index (Phi) is 5.63. The first-order chi connectivity index (χ1) is 13.3. The minimum absolute atomic E-state index is 0.0835. The zero-order valence-electron chi connectivity index (χ0n) is 14.5. The highest BCUT2D eigenvalue weighted by molar-refractivity contribution is 5.97. The van der Waals surface area contributed by atoms with Crippen LogP contribution >= 0.6 is 0 Å². The Balaban J connectivity index is 0.000000279. The maximum absolute atomic E-state index is 12.6. The molecule has 8 nitrogen and oxygen atoms in total. The highest BCUT2D eigenvalue weighted by atomic mass is 19.4. The second-order valence-electron chi connectivity index (χ2n) is 6.49. The fourth-order valence-electron chi connectivity index (χ4n) is 3.37. The third-order valence-corrected chi connectivity index (χ3v) is 4.58. The van der Waals surface area contributed by atoms with Crippen molar-refractivity contribution < 1.29 is 32.3 Å². The molecule has 4 rings (SSSR count). The van der Waals surface area contributed by atoms with Gasteiger partial charge in [0.25, 0.3) is 0 Å². The number of carbonyl (C=O) groups is 2. The van der Waals surface area contributed by atoms with Gasteiger partial charge in [0.05, 0.1) is 36.8 Å². The number of anilines is 1. The van der Waals surface area contributed by atoms with E-state index in [4.69, 9.17) is 14.3 Å². The quantitative estimate of drug-likeness (QED) is 0.842. The van der Waals surface area contributed by atoms with Crippen molar-refractivity contribution in [3.8, 4) is 0 Å². The van der Waals surface area contributed by atoms with Crippen LogP contribution in [0.25, 0.3) is 0 Å². The van der Waals surface area contributed by atoms with Gasteiger partial charge in [-0.2, -0.15) is 13.2 Å². The van der Waals surface area contributed by atoms with Crippen molar-refractivity contribution in [1.29, 1.82) is 0 Å². The monoisotopic (exact) mass is 398 g/mol. The largest absolute Gasteiger partial charge is 0.490 e. The number of halogens is 3. The molecule has 0 saturated carbocycles. The number of hydrogen-bond donors (Lipinski definition) is 1. The summed E-state index contributed by atoms with van der Waals surface area (Å²) in [4.78, 5) is 33.6. The molecule has 0 unspecified atom stereocenters. The number of rotatable bonds is 3. The lowest BCUT2D eigenvalue weighted by molar-refractivity contribution is -0.192. The van der Waals surface area contributed by atoms with Crippen LogP contribution in [0.2, 0.25) is 0 Å². The van der Waals surface area contributed by atoms with E-state index in [1.54, 1.807) is 18.7 Å². The Labute approximate surface area is 157 Å². The number of alkyl halides is 3. The molecule has 11 heteroatoms. The van der Waals surface area contributed by atoms with E-state index in [-0.39, 0.29) is 11.8 Å². The van der Waals surface area contributed by atoms with Crippen molar-refractivity contribution in [3.05, 3.63) is 42.9 Å². The van der Waals surface area contributed by atoms with Gasteiger partial charge in [0, 0.05) is 25.6 Å². The zero-order chi connectivity index (χ0) is 20.3. The molecule has 1 amide bonds. The number of amides is 1. The Morgan fingerprint density at radius 2 is 1.93 bits per heavy atom. The summed E-state index contributed by atoms with van der Waals surface area (Å²) < 4.78 is 37.1. The molecule has 2 aliphatic heterocycles. The van der Waals surface area contributed by atoms with Crippen LogP contribution < -0.4 is 4.90 Å². The smallest absolute Gasteiger partial charge is 0.475 e. The van der Waals surface area contributed by atoms with Crippen LogP contribution in [0.15, 0.2) is 41.5 Å². The SMILES string of the molecule is O=C(O)C(F)(F)F.O=C1[C@H]2CN(Cc3ccco3)C[C@H]2CN1c1cncnc1. The summed E-state index contributed by atoms with van der Waals surface area (Å²) in [7, 11) is 0.